The maximum absolute atomic E-state index is 12.4. The lowest BCUT2D eigenvalue weighted by molar-refractivity contribution is -0.185. The van der Waals surface area contributed by atoms with E-state index in [1.807, 2.05) is 0 Å². The summed E-state index contributed by atoms with van der Waals surface area (Å²) < 4.78 is 42.5. The van der Waals surface area contributed by atoms with Crippen molar-refractivity contribution in [3.05, 3.63) is 29.8 Å². The lowest BCUT2D eigenvalue weighted by atomic mass is 10.1. The highest BCUT2D eigenvalue weighted by Gasteiger charge is 2.42. The number of ether oxygens (including phenoxy) is 1. The number of alkyl halides is 3. The Morgan fingerprint density at radius 2 is 2.10 bits per heavy atom. The van der Waals surface area contributed by atoms with Gasteiger partial charge in [-0.3, -0.25) is 4.79 Å². The van der Waals surface area contributed by atoms with Crippen LogP contribution >= 0.6 is 0 Å². The van der Waals surface area contributed by atoms with Crippen molar-refractivity contribution in [1.82, 2.24) is 4.90 Å². The number of halogens is 3. The Morgan fingerprint density at radius 1 is 1.43 bits per heavy atom. The predicted octanol–water partition coefficient (Wildman–Crippen LogP) is 1.98. The van der Waals surface area contributed by atoms with Gasteiger partial charge in [0.25, 0.3) is 0 Å². The van der Waals surface area contributed by atoms with E-state index >= 15 is 0 Å². The molecule has 0 aromatic heterocycles. The first-order valence-electron chi connectivity index (χ1n) is 6.51. The van der Waals surface area contributed by atoms with Crippen molar-refractivity contribution in [1.29, 1.82) is 0 Å². The number of hydrogen-bond donors (Lipinski definition) is 1. The van der Waals surface area contributed by atoms with Crippen molar-refractivity contribution < 1.29 is 22.7 Å². The minimum Gasteiger partial charge on any atom is -0.492 e. The van der Waals surface area contributed by atoms with Crippen LogP contribution in [0, 0.1) is 0 Å². The molecule has 0 bridgehead atoms. The summed E-state index contributed by atoms with van der Waals surface area (Å²) in [4.78, 5) is 11.9. The first kappa shape index (κ1) is 17.3. The molecule has 0 fully saturated rings. The number of hydrogen-bond acceptors (Lipinski definition) is 3. The molecule has 4 nitrogen and oxygen atoms in total. The van der Waals surface area contributed by atoms with Gasteiger partial charge in [-0.25, -0.2) is 0 Å². The van der Waals surface area contributed by atoms with Crippen LogP contribution in [0.15, 0.2) is 24.3 Å². The summed E-state index contributed by atoms with van der Waals surface area (Å²) in [6.07, 6.45) is -4.55. The van der Waals surface area contributed by atoms with Crippen LogP contribution in [0.25, 0.3) is 0 Å². The van der Waals surface area contributed by atoms with E-state index in [-0.39, 0.29) is 0 Å². The summed E-state index contributed by atoms with van der Waals surface area (Å²) in [7, 11) is 1.15. The summed E-state index contributed by atoms with van der Waals surface area (Å²) in [5, 5.41) is 0. The van der Waals surface area contributed by atoms with Gasteiger partial charge in [0.05, 0.1) is 0 Å². The molecule has 7 heteroatoms. The van der Waals surface area contributed by atoms with Gasteiger partial charge in [-0.2, -0.15) is 13.2 Å². The Bertz CT molecular complexity index is 478. The SMILES string of the molecule is C[C@@H](Cc1cccc(OCCN)c1)N(C)C(=O)C(F)(F)F. The number of rotatable bonds is 6. The minimum absolute atomic E-state index is 0.304. The maximum Gasteiger partial charge on any atom is 0.471 e. The van der Waals surface area contributed by atoms with Crippen LogP contribution in [0.5, 0.6) is 5.75 Å². The molecule has 1 aromatic rings. The van der Waals surface area contributed by atoms with Crippen LogP contribution in [-0.2, 0) is 11.2 Å². The second-order valence-corrected chi connectivity index (χ2v) is 4.75. The average Bonchev–Trinajstić information content (AvgIpc) is 2.42. The van der Waals surface area contributed by atoms with Gasteiger partial charge in [0.15, 0.2) is 0 Å². The van der Waals surface area contributed by atoms with E-state index in [0.29, 0.717) is 30.2 Å². The van der Waals surface area contributed by atoms with Gasteiger partial charge >= 0.3 is 12.1 Å². The van der Waals surface area contributed by atoms with Gasteiger partial charge in [-0.1, -0.05) is 12.1 Å². The van der Waals surface area contributed by atoms with Crippen molar-refractivity contribution in [2.24, 2.45) is 5.73 Å². The fourth-order valence-corrected chi connectivity index (χ4v) is 1.82. The Balaban J connectivity index is 2.70. The molecule has 0 heterocycles. The van der Waals surface area contributed by atoms with Gasteiger partial charge < -0.3 is 15.4 Å². The van der Waals surface area contributed by atoms with E-state index < -0.39 is 18.1 Å². The van der Waals surface area contributed by atoms with E-state index in [4.69, 9.17) is 10.5 Å². The van der Waals surface area contributed by atoms with E-state index in [0.717, 1.165) is 12.6 Å². The Morgan fingerprint density at radius 3 is 2.67 bits per heavy atom. The van der Waals surface area contributed by atoms with Crippen LogP contribution in [-0.4, -0.2) is 43.2 Å². The highest BCUT2D eigenvalue weighted by atomic mass is 19.4. The quantitative estimate of drug-likeness (QED) is 0.874. The van der Waals surface area contributed by atoms with Crippen molar-refractivity contribution in [3.8, 4) is 5.75 Å². The molecule has 0 aliphatic carbocycles. The standard InChI is InChI=1S/C14H19F3N2O2/c1-10(19(2)13(20)14(15,16)17)8-11-4-3-5-12(9-11)21-7-6-18/h3-5,9-10H,6-8,18H2,1-2H3/t10-/m0/s1. The molecule has 1 atom stereocenters. The second kappa shape index (κ2) is 7.31. The van der Waals surface area contributed by atoms with Gasteiger partial charge in [-0.05, 0) is 31.0 Å². The third-order valence-corrected chi connectivity index (χ3v) is 3.04. The molecule has 118 valence electrons. The number of carbonyl (C=O) groups excluding carboxylic acids is 1. The Hall–Kier alpha value is -1.76. The fraction of sp³-hybridized carbons (Fsp3) is 0.500. The molecular formula is C14H19F3N2O2. The predicted molar refractivity (Wildman–Crippen MR) is 73.0 cm³/mol. The summed E-state index contributed by atoms with van der Waals surface area (Å²) >= 11 is 0. The highest BCUT2D eigenvalue weighted by molar-refractivity contribution is 5.81. The number of amides is 1. The smallest absolute Gasteiger partial charge is 0.471 e. The number of likely N-dealkylation sites (N-methyl/N-ethyl adjacent to an activating group) is 1. The largest absolute Gasteiger partial charge is 0.492 e. The number of benzene rings is 1. The van der Waals surface area contributed by atoms with Gasteiger partial charge in [0.1, 0.15) is 12.4 Å². The molecular weight excluding hydrogens is 285 g/mol. The zero-order chi connectivity index (χ0) is 16.0. The van der Waals surface area contributed by atoms with Gasteiger partial charge in [0, 0.05) is 19.6 Å². The first-order valence-corrected chi connectivity index (χ1v) is 6.51. The summed E-state index contributed by atoms with van der Waals surface area (Å²) in [6, 6.07) is 6.42. The molecule has 1 rings (SSSR count). The van der Waals surface area contributed by atoms with Crippen LogP contribution in [0.1, 0.15) is 12.5 Å². The molecule has 2 N–H and O–H groups in total. The van der Waals surface area contributed by atoms with Crippen molar-refractivity contribution in [3.63, 3.8) is 0 Å². The molecule has 0 aliphatic rings. The molecule has 21 heavy (non-hydrogen) atoms. The van der Waals surface area contributed by atoms with Crippen molar-refractivity contribution >= 4 is 5.91 Å². The van der Waals surface area contributed by atoms with Crippen LogP contribution < -0.4 is 10.5 Å². The molecule has 1 aromatic carbocycles. The zero-order valence-corrected chi connectivity index (χ0v) is 12.0. The van der Waals surface area contributed by atoms with Gasteiger partial charge in [0.2, 0.25) is 0 Å². The third kappa shape index (κ3) is 5.26. The molecule has 0 spiro atoms. The van der Waals surface area contributed by atoms with Crippen LogP contribution in [0.2, 0.25) is 0 Å². The number of nitrogens with zero attached hydrogens (tertiary/aromatic N) is 1. The highest BCUT2D eigenvalue weighted by Crippen LogP contribution is 2.21. The van der Waals surface area contributed by atoms with E-state index in [9.17, 15) is 18.0 Å². The first-order chi connectivity index (χ1) is 9.75. The number of carbonyl (C=O) groups is 1. The molecule has 0 saturated carbocycles. The summed E-state index contributed by atoms with van der Waals surface area (Å²) in [5.74, 6) is -1.24. The monoisotopic (exact) mass is 304 g/mol. The van der Waals surface area contributed by atoms with E-state index in [1.54, 1.807) is 31.2 Å². The topological polar surface area (TPSA) is 55.6 Å². The Labute approximate surface area is 121 Å². The fourth-order valence-electron chi connectivity index (χ4n) is 1.82. The average molecular weight is 304 g/mol. The summed E-state index contributed by atoms with van der Waals surface area (Å²) in [6.45, 7) is 2.31. The lowest BCUT2D eigenvalue weighted by Gasteiger charge is -2.26. The second-order valence-electron chi connectivity index (χ2n) is 4.75. The molecule has 0 radical (unpaired) electrons. The third-order valence-electron chi connectivity index (χ3n) is 3.04. The molecule has 0 aliphatic heterocycles. The lowest BCUT2D eigenvalue weighted by Crippen LogP contribution is -2.44. The van der Waals surface area contributed by atoms with Crippen LogP contribution in [0.3, 0.4) is 0 Å². The van der Waals surface area contributed by atoms with Crippen LogP contribution in [0.4, 0.5) is 13.2 Å². The normalized spacial score (nSPS) is 12.9. The Kier molecular flexibility index (Phi) is 6.02. The molecule has 0 unspecified atom stereocenters. The van der Waals surface area contributed by atoms with E-state index in [1.165, 1.54) is 0 Å². The van der Waals surface area contributed by atoms with Crippen molar-refractivity contribution in [2.75, 3.05) is 20.2 Å². The van der Waals surface area contributed by atoms with Crippen molar-refractivity contribution in [2.45, 2.75) is 25.6 Å². The molecule has 1 amide bonds. The minimum atomic E-state index is -4.85. The van der Waals surface area contributed by atoms with Gasteiger partial charge in [-0.15, -0.1) is 0 Å². The summed E-state index contributed by atoms with van der Waals surface area (Å²) in [5.41, 5.74) is 6.12. The zero-order valence-electron chi connectivity index (χ0n) is 12.0. The molecule has 0 saturated heterocycles. The van der Waals surface area contributed by atoms with E-state index in [2.05, 4.69) is 0 Å². The maximum atomic E-state index is 12.4. The number of nitrogens with two attached hydrogens (primary N) is 1.